The van der Waals surface area contributed by atoms with Crippen LogP contribution >= 0.6 is 11.3 Å². The van der Waals surface area contributed by atoms with Gasteiger partial charge in [-0.1, -0.05) is 36.4 Å². The Balaban J connectivity index is 1.59. The van der Waals surface area contributed by atoms with Gasteiger partial charge in [-0.05, 0) is 42.0 Å². The van der Waals surface area contributed by atoms with Gasteiger partial charge in [-0.2, -0.15) is 0 Å². The molecule has 0 unspecified atom stereocenters. The average molecular weight is 325 g/mol. The Labute approximate surface area is 138 Å². The van der Waals surface area contributed by atoms with Crippen LogP contribution in [0.3, 0.4) is 0 Å². The topological polar surface area (TPSA) is 61.4 Å². The molecule has 3 rings (SSSR count). The zero-order chi connectivity index (χ0) is 16.1. The van der Waals surface area contributed by atoms with Crippen molar-refractivity contribution >= 4 is 33.0 Å². The summed E-state index contributed by atoms with van der Waals surface area (Å²) in [7, 11) is 0. The van der Waals surface area contributed by atoms with Crippen molar-refractivity contribution in [2.24, 2.45) is 0 Å². The summed E-state index contributed by atoms with van der Waals surface area (Å²) in [6.45, 7) is 0.774. The third-order valence-electron chi connectivity index (χ3n) is 3.52. The molecule has 1 radical (unpaired) electrons. The zero-order valence-corrected chi connectivity index (χ0v) is 13.3. The molecule has 1 heterocycles. The van der Waals surface area contributed by atoms with Crippen LogP contribution in [0.15, 0.2) is 54.6 Å². The van der Waals surface area contributed by atoms with Crippen molar-refractivity contribution in [2.45, 2.75) is 6.42 Å². The molecule has 117 valence electrons. The van der Waals surface area contributed by atoms with Crippen LogP contribution in [0, 0.1) is 6.42 Å². The number of hydrogen-bond acceptors (Lipinski definition) is 4. The van der Waals surface area contributed by atoms with Crippen molar-refractivity contribution in [1.82, 2.24) is 5.48 Å². The number of hydroxylamine groups is 1. The molecule has 0 saturated carbocycles. The fourth-order valence-corrected chi connectivity index (χ4v) is 3.34. The highest BCUT2D eigenvalue weighted by Gasteiger charge is 2.09. The molecule has 3 N–H and O–H groups in total. The number of carbonyl (C=O) groups excluding carboxylic acids is 1. The standard InChI is InChI=1S/C18H17N2O2S/c21-18(20-22)17-11-14-8-9-15(12-16(14)23-17)19-10-4-7-13-5-2-1-3-6-13/h1-6,8-9,11-12,19,22H,7,10H2,(H,20,21). The van der Waals surface area contributed by atoms with E-state index in [9.17, 15) is 4.79 Å². The van der Waals surface area contributed by atoms with Gasteiger partial charge in [0.25, 0.3) is 5.91 Å². The Morgan fingerprint density at radius 3 is 2.74 bits per heavy atom. The van der Waals surface area contributed by atoms with E-state index in [0.29, 0.717) is 4.88 Å². The molecule has 0 bridgehead atoms. The highest BCUT2D eigenvalue weighted by atomic mass is 32.1. The average Bonchev–Trinajstić information content (AvgIpc) is 3.02. The van der Waals surface area contributed by atoms with Crippen molar-refractivity contribution in [2.75, 3.05) is 11.9 Å². The molecule has 0 fully saturated rings. The summed E-state index contributed by atoms with van der Waals surface area (Å²) in [5.41, 5.74) is 3.97. The van der Waals surface area contributed by atoms with Crippen LogP contribution in [0.2, 0.25) is 0 Å². The van der Waals surface area contributed by atoms with Gasteiger partial charge < -0.3 is 5.32 Å². The Kier molecular flexibility index (Phi) is 4.90. The summed E-state index contributed by atoms with van der Waals surface area (Å²) in [6.07, 6.45) is 3.12. The summed E-state index contributed by atoms with van der Waals surface area (Å²) < 4.78 is 1.01. The molecule has 0 spiro atoms. The quantitative estimate of drug-likeness (QED) is 0.366. The van der Waals surface area contributed by atoms with Crippen LogP contribution < -0.4 is 10.8 Å². The molecule has 1 amide bonds. The molecular formula is C18H17N2O2S. The van der Waals surface area contributed by atoms with Gasteiger partial charge in [0.2, 0.25) is 0 Å². The summed E-state index contributed by atoms with van der Waals surface area (Å²) in [5.74, 6) is -0.475. The van der Waals surface area contributed by atoms with Crippen molar-refractivity contribution in [3.8, 4) is 0 Å². The molecule has 1 aromatic heterocycles. The second-order valence-corrected chi connectivity index (χ2v) is 6.25. The van der Waals surface area contributed by atoms with Crippen LogP contribution in [0.25, 0.3) is 10.1 Å². The second kappa shape index (κ2) is 7.26. The Morgan fingerprint density at radius 1 is 1.13 bits per heavy atom. The van der Waals surface area contributed by atoms with Gasteiger partial charge in [-0.15, -0.1) is 11.3 Å². The third kappa shape index (κ3) is 3.88. The minimum absolute atomic E-state index is 0.475. The molecule has 0 aliphatic rings. The first-order valence-corrected chi connectivity index (χ1v) is 8.15. The first-order valence-electron chi connectivity index (χ1n) is 7.34. The number of carbonyl (C=O) groups is 1. The number of fused-ring (bicyclic) bond motifs is 1. The van der Waals surface area contributed by atoms with Gasteiger partial charge in [0, 0.05) is 16.9 Å². The molecule has 0 aliphatic carbocycles. The molecule has 3 aromatic rings. The number of rotatable bonds is 6. The normalized spacial score (nSPS) is 10.7. The Morgan fingerprint density at radius 2 is 1.96 bits per heavy atom. The minimum Gasteiger partial charge on any atom is -0.385 e. The van der Waals surface area contributed by atoms with Crippen molar-refractivity contribution in [3.63, 3.8) is 0 Å². The molecule has 0 aliphatic heterocycles. The van der Waals surface area contributed by atoms with Gasteiger partial charge >= 0.3 is 0 Å². The van der Waals surface area contributed by atoms with Crippen LogP contribution in [0.1, 0.15) is 15.2 Å². The number of nitrogens with one attached hydrogen (secondary N) is 2. The molecule has 2 aromatic carbocycles. The largest absolute Gasteiger partial charge is 0.385 e. The van der Waals surface area contributed by atoms with Gasteiger partial charge in [0.1, 0.15) is 0 Å². The van der Waals surface area contributed by atoms with Crippen LogP contribution in [-0.2, 0) is 6.42 Å². The van der Waals surface area contributed by atoms with E-state index in [0.717, 1.165) is 28.7 Å². The van der Waals surface area contributed by atoms with Crippen LogP contribution in [-0.4, -0.2) is 17.7 Å². The number of hydrogen-bond donors (Lipinski definition) is 3. The summed E-state index contributed by atoms with van der Waals surface area (Å²) >= 11 is 1.36. The van der Waals surface area contributed by atoms with Crippen LogP contribution in [0.4, 0.5) is 5.69 Å². The molecule has 4 nitrogen and oxygen atoms in total. The highest BCUT2D eigenvalue weighted by molar-refractivity contribution is 7.20. The fraction of sp³-hybridized carbons (Fsp3) is 0.111. The lowest BCUT2D eigenvalue weighted by Gasteiger charge is -2.06. The number of benzene rings is 2. The van der Waals surface area contributed by atoms with Crippen molar-refractivity contribution < 1.29 is 10.0 Å². The third-order valence-corrected chi connectivity index (χ3v) is 4.62. The Bertz CT molecular complexity index is 799. The van der Waals surface area contributed by atoms with Gasteiger partial charge in [0.05, 0.1) is 4.88 Å². The lowest BCUT2D eigenvalue weighted by Crippen LogP contribution is -2.16. The fourth-order valence-electron chi connectivity index (χ4n) is 2.35. The molecule has 5 heteroatoms. The van der Waals surface area contributed by atoms with E-state index in [-0.39, 0.29) is 0 Å². The molecular weight excluding hydrogens is 308 g/mol. The molecule has 0 atom stereocenters. The second-order valence-electron chi connectivity index (χ2n) is 5.16. The smallest absolute Gasteiger partial charge is 0.284 e. The molecule has 0 saturated heterocycles. The van der Waals surface area contributed by atoms with Crippen molar-refractivity contribution in [1.29, 1.82) is 0 Å². The highest BCUT2D eigenvalue weighted by Crippen LogP contribution is 2.28. The zero-order valence-electron chi connectivity index (χ0n) is 12.5. The van der Waals surface area contributed by atoms with Gasteiger partial charge in [-0.25, -0.2) is 5.48 Å². The maximum atomic E-state index is 11.4. The van der Waals surface area contributed by atoms with E-state index in [4.69, 9.17) is 5.21 Å². The predicted molar refractivity (Wildman–Crippen MR) is 94.0 cm³/mol. The van der Waals surface area contributed by atoms with E-state index in [1.165, 1.54) is 16.9 Å². The first-order chi connectivity index (χ1) is 11.3. The maximum absolute atomic E-state index is 11.4. The monoisotopic (exact) mass is 325 g/mol. The molecule has 23 heavy (non-hydrogen) atoms. The number of amides is 1. The van der Waals surface area contributed by atoms with Crippen LogP contribution in [0.5, 0.6) is 0 Å². The number of thiophene rings is 1. The first kappa shape index (κ1) is 15.5. The lowest BCUT2D eigenvalue weighted by atomic mass is 10.1. The minimum atomic E-state index is -0.475. The van der Waals surface area contributed by atoms with Gasteiger partial charge in [0.15, 0.2) is 0 Å². The van der Waals surface area contributed by atoms with E-state index in [1.54, 1.807) is 11.5 Å². The summed E-state index contributed by atoms with van der Waals surface area (Å²) in [4.78, 5) is 11.9. The van der Waals surface area contributed by atoms with Crippen molar-refractivity contribution in [3.05, 3.63) is 71.5 Å². The maximum Gasteiger partial charge on any atom is 0.284 e. The van der Waals surface area contributed by atoms with E-state index in [1.807, 2.05) is 36.4 Å². The van der Waals surface area contributed by atoms with Gasteiger partial charge in [-0.3, -0.25) is 10.0 Å². The van der Waals surface area contributed by atoms with E-state index >= 15 is 0 Å². The van der Waals surface area contributed by atoms with E-state index < -0.39 is 5.91 Å². The SMILES string of the molecule is O=C(NO)c1cc2ccc(NC[CH]Cc3ccccc3)cc2s1. The lowest BCUT2D eigenvalue weighted by molar-refractivity contribution is 0.0711. The Hall–Kier alpha value is -2.37. The summed E-state index contributed by atoms with van der Waals surface area (Å²) in [6, 6.07) is 18.1. The predicted octanol–water partition coefficient (Wildman–Crippen LogP) is 3.88. The summed E-state index contributed by atoms with van der Waals surface area (Å²) in [5, 5.41) is 13.0. The van der Waals surface area contributed by atoms with E-state index in [2.05, 4.69) is 23.9 Å². The number of anilines is 1.